The standard InChI is InChI=1S/C19H22N2O2/c1-19(2)11-12-9-16(22-3)17(23-4)10-14(12)18(21-19)13-7-5-6-8-15(13)20/h5-10H,11,20H2,1-4H3. The molecule has 3 rings (SSSR count). The zero-order valence-electron chi connectivity index (χ0n) is 14.0. The van der Waals surface area contributed by atoms with Gasteiger partial charge in [0.25, 0.3) is 0 Å². The Morgan fingerprint density at radius 1 is 1.00 bits per heavy atom. The molecule has 0 radical (unpaired) electrons. The van der Waals surface area contributed by atoms with E-state index in [0.717, 1.165) is 34.7 Å². The van der Waals surface area contributed by atoms with Gasteiger partial charge in [0.15, 0.2) is 11.5 Å². The number of fused-ring (bicyclic) bond motifs is 1. The van der Waals surface area contributed by atoms with E-state index < -0.39 is 0 Å². The zero-order valence-corrected chi connectivity index (χ0v) is 14.0. The van der Waals surface area contributed by atoms with Gasteiger partial charge in [-0.05, 0) is 44.0 Å². The minimum atomic E-state index is -0.190. The minimum absolute atomic E-state index is 0.190. The Hall–Kier alpha value is -2.49. The van der Waals surface area contributed by atoms with Crippen molar-refractivity contribution >= 4 is 11.4 Å². The maximum absolute atomic E-state index is 6.19. The van der Waals surface area contributed by atoms with E-state index in [4.69, 9.17) is 20.2 Å². The average Bonchev–Trinajstić information content (AvgIpc) is 2.52. The van der Waals surface area contributed by atoms with Crippen molar-refractivity contribution in [3.63, 3.8) is 0 Å². The molecule has 1 aliphatic heterocycles. The second-order valence-electron chi connectivity index (χ2n) is 6.40. The van der Waals surface area contributed by atoms with Gasteiger partial charge in [-0.3, -0.25) is 4.99 Å². The van der Waals surface area contributed by atoms with Gasteiger partial charge in [0.1, 0.15) is 0 Å². The van der Waals surface area contributed by atoms with Crippen LogP contribution in [0.2, 0.25) is 0 Å². The maximum atomic E-state index is 6.19. The molecule has 0 saturated carbocycles. The van der Waals surface area contributed by atoms with Crippen molar-refractivity contribution in [3.05, 3.63) is 53.1 Å². The second kappa shape index (κ2) is 5.61. The van der Waals surface area contributed by atoms with Crippen LogP contribution in [-0.2, 0) is 6.42 Å². The summed E-state index contributed by atoms with van der Waals surface area (Å²) in [6.45, 7) is 4.26. The van der Waals surface area contributed by atoms with Gasteiger partial charge in [-0.25, -0.2) is 0 Å². The summed E-state index contributed by atoms with van der Waals surface area (Å²) in [7, 11) is 3.30. The first-order valence-electron chi connectivity index (χ1n) is 7.65. The number of benzene rings is 2. The highest BCUT2D eigenvalue weighted by Gasteiger charge is 2.29. The summed E-state index contributed by atoms with van der Waals surface area (Å²) in [5.41, 5.74) is 10.8. The summed E-state index contributed by atoms with van der Waals surface area (Å²) in [6.07, 6.45) is 0.846. The number of ether oxygens (including phenoxy) is 2. The first kappa shape index (κ1) is 15.4. The summed E-state index contributed by atoms with van der Waals surface area (Å²) in [5, 5.41) is 0. The van der Waals surface area contributed by atoms with E-state index in [1.54, 1.807) is 14.2 Å². The number of hydrogen-bond donors (Lipinski definition) is 1. The minimum Gasteiger partial charge on any atom is -0.493 e. The van der Waals surface area contributed by atoms with Gasteiger partial charge in [-0.2, -0.15) is 0 Å². The molecule has 1 aliphatic rings. The van der Waals surface area contributed by atoms with Gasteiger partial charge < -0.3 is 15.2 Å². The normalized spacial score (nSPS) is 15.6. The first-order chi connectivity index (χ1) is 10.9. The van der Waals surface area contributed by atoms with Crippen LogP contribution in [0.5, 0.6) is 11.5 Å². The predicted octanol–water partition coefficient (Wildman–Crippen LogP) is 3.46. The highest BCUT2D eigenvalue weighted by atomic mass is 16.5. The number of nitrogens with zero attached hydrogens (tertiary/aromatic N) is 1. The van der Waals surface area contributed by atoms with E-state index in [2.05, 4.69) is 13.8 Å². The van der Waals surface area contributed by atoms with Crippen molar-refractivity contribution in [2.24, 2.45) is 4.99 Å². The van der Waals surface area contributed by atoms with Gasteiger partial charge in [-0.15, -0.1) is 0 Å². The van der Waals surface area contributed by atoms with Crippen LogP contribution in [0.4, 0.5) is 5.69 Å². The number of para-hydroxylation sites is 1. The quantitative estimate of drug-likeness (QED) is 0.883. The summed E-state index contributed by atoms with van der Waals surface area (Å²) in [6, 6.07) is 11.9. The molecule has 0 amide bonds. The van der Waals surface area contributed by atoms with Gasteiger partial charge in [0, 0.05) is 16.8 Å². The van der Waals surface area contributed by atoms with E-state index in [1.165, 1.54) is 5.56 Å². The predicted molar refractivity (Wildman–Crippen MR) is 93.8 cm³/mol. The Balaban J connectivity index is 2.25. The molecule has 2 aromatic carbocycles. The van der Waals surface area contributed by atoms with Crippen LogP contribution in [0.15, 0.2) is 41.4 Å². The van der Waals surface area contributed by atoms with Gasteiger partial charge in [-0.1, -0.05) is 18.2 Å². The lowest BCUT2D eigenvalue weighted by atomic mass is 9.84. The van der Waals surface area contributed by atoms with Crippen molar-refractivity contribution in [1.82, 2.24) is 0 Å². The molecular weight excluding hydrogens is 288 g/mol. The molecule has 0 fully saturated rings. The van der Waals surface area contributed by atoms with E-state index in [1.807, 2.05) is 36.4 Å². The molecule has 4 heteroatoms. The topological polar surface area (TPSA) is 56.8 Å². The molecule has 0 atom stereocenters. The van der Waals surface area contributed by atoms with Crippen LogP contribution in [0.1, 0.15) is 30.5 Å². The molecular formula is C19H22N2O2. The molecule has 0 aromatic heterocycles. The zero-order chi connectivity index (χ0) is 16.6. The average molecular weight is 310 g/mol. The van der Waals surface area contributed by atoms with Crippen molar-refractivity contribution in [2.75, 3.05) is 20.0 Å². The first-order valence-corrected chi connectivity index (χ1v) is 7.65. The van der Waals surface area contributed by atoms with E-state index >= 15 is 0 Å². The Bertz CT molecular complexity index is 779. The van der Waals surface area contributed by atoms with Crippen LogP contribution in [-0.4, -0.2) is 25.5 Å². The van der Waals surface area contributed by atoms with Gasteiger partial charge in [0.2, 0.25) is 0 Å². The Labute approximate surface area is 136 Å². The molecule has 0 aliphatic carbocycles. The monoisotopic (exact) mass is 310 g/mol. The molecule has 120 valence electrons. The van der Waals surface area contributed by atoms with Crippen molar-refractivity contribution in [3.8, 4) is 11.5 Å². The molecule has 2 aromatic rings. The maximum Gasteiger partial charge on any atom is 0.161 e. The van der Waals surface area contributed by atoms with Crippen LogP contribution < -0.4 is 15.2 Å². The third-order valence-electron chi connectivity index (χ3n) is 4.12. The van der Waals surface area contributed by atoms with Crippen LogP contribution >= 0.6 is 0 Å². The van der Waals surface area contributed by atoms with E-state index in [9.17, 15) is 0 Å². The molecule has 0 saturated heterocycles. The Kier molecular flexibility index (Phi) is 3.76. The fraction of sp³-hybridized carbons (Fsp3) is 0.316. The SMILES string of the molecule is COc1cc2c(cc1OC)C(c1ccccc1N)=NC(C)(C)C2. The molecule has 1 heterocycles. The summed E-state index contributed by atoms with van der Waals surface area (Å²) >= 11 is 0. The fourth-order valence-electron chi connectivity index (χ4n) is 3.07. The number of methoxy groups -OCH3 is 2. The summed E-state index contributed by atoms with van der Waals surface area (Å²) < 4.78 is 10.9. The second-order valence-corrected chi connectivity index (χ2v) is 6.40. The largest absolute Gasteiger partial charge is 0.493 e. The molecule has 23 heavy (non-hydrogen) atoms. The van der Waals surface area contributed by atoms with Crippen LogP contribution in [0.3, 0.4) is 0 Å². The lowest BCUT2D eigenvalue weighted by Crippen LogP contribution is -2.29. The van der Waals surface area contributed by atoms with Crippen molar-refractivity contribution in [2.45, 2.75) is 25.8 Å². The summed E-state index contributed by atoms with van der Waals surface area (Å²) in [5.74, 6) is 1.44. The lowest BCUT2D eigenvalue weighted by Gasteiger charge is -2.30. The Morgan fingerprint density at radius 3 is 2.30 bits per heavy atom. The molecule has 0 spiro atoms. The van der Waals surface area contributed by atoms with Crippen molar-refractivity contribution in [1.29, 1.82) is 0 Å². The van der Waals surface area contributed by atoms with Crippen LogP contribution in [0, 0.1) is 0 Å². The smallest absolute Gasteiger partial charge is 0.161 e. The van der Waals surface area contributed by atoms with E-state index in [0.29, 0.717) is 5.75 Å². The van der Waals surface area contributed by atoms with Gasteiger partial charge in [0.05, 0.1) is 25.5 Å². The number of rotatable bonds is 3. The van der Waals surface area contributed by atoms with E-state index in [-0.39, 0.29) is 5.54 Å². The third kappa shape index (κ3) is 2.77. The number of nitrogens with two attached hydrogens (primary N) is 1. The van der Waals surface area contributed by atoms with Gasteiger partial charge >= 0.3 is 0 Å². The molecule has 0 bridgehead atoms. The molecule has 0 unspecified atom stereocenters. The third-order valence-corrected chi connectivity index (χ3v) is 4.12. The number of aliphatic imine (C=N–C) groups is 1. The molecule has 4 nitrogen and oxygen atoms in total. The summed E-state index contributed by atoms with van der Waals surface area (Å²) in [4.78, 5) is 4.96. The molecule has 2 N–H and O–H groups in total. The lowest BCUT2D eigenvalue weighted by molar-refractivity contribution is 0.353. The number of hydrogen-bond acceptors (Lipinski definition) is 4. The fourth-order valence-corrected chi connectivity index (χ4v) is 3.07. The Morgan fingerprint density at radius 2 is 1.65 bits per heavy atom. The highest BCUT2D eigenvalue weighted by molar-refractivity contribution is 6.17. The highest BCUT2D eigenvalue weighted by Crippen LogP contribution is 2.37. The van der Waals surface area contributed by atoms with Crippen LogP contribution in [0.25, 0.3) is 0 Å². The number of nitrogen functional groups attached to an aromatic ring is 1. The van der Waals surface area contributed by atoms with Crippen molar-refractivity contribution < 1.29 is 9.47 Å². The number of anilines is 1.